The second-order valence-corrected chi connectivity index (χ2v) is 7.07. The van der Waals surface area contributed by atoms with E-state index in [4.69, 9.17) is 5.11 Å². The van der Waals surface area contributed by atoms with Crippen LogP contribution in [0.2, 0.25) is 0 Å². The van der Waals surface area contributed by atoms with E-state index in [1.54, 1.807) is 24.3 Å². The van der Waals surface area contributed by atoms with Crippen molar-refractivity contribution >= 4 is 38.7 Å². The second-order valence-electron chi connectivity index (χ2n) is 4.34. The summed E-state index contributed by atoms with van der Waals surface area (Å²) in [5.74, 6) is -1.38. The van der Waals surface area contributed by atoms with Gasteiger partial charge in [-0.1, -0.05) is 0 Å². The van der Waals surface area contributed by atoms with Crippen molar-refractivity contribution in [3.05, 3.63) is 35.5 Å². The summed E-state index contributed by atoms with van der Waals surface area (Å²) < 4.78 is 26.4. The summed E-state index contributed by atoms with van der Waals surface area (Å²) in [7, 11) is -0.226. The van der Waals surface area contributed by atoms with Crippen molar-refractivity contribution in [2.75, 3.05) is 23.7 Å². The van der Waals surface area contributed by atoms with E-state index in [1.807, 2.05) is 19.0 Å². The molecule has 112 valence electrons. The third-order valence-electron chi connectivity index (χ3n) is 2.62. The molecule has 0 aliphatic rings. The second kappa shape index (κ2) is 5.70. The van der Waals surface area contributed by atoms with Crippen LogP contribution in [-0.4, -0.2) is 38.6 Å². The number of benzene rings is 1. The molecule has 2 rings (SSSR count). The number of anilines is 2. The number of carbonyl (C=O) groups is 1. The largest absolute Gasteiger partial charge is 0.476 e. The predicted molar refractivity (Wildman–Crippen MR) is 80.7 cm³/mol. The number of carboxylic acids is 1. The van der Waals surface area contributed by atoms with Crippen molar-refractivity contribution in [2.45, 2.75) is 4.21 Å². The molecular formula is C12H13N3O4S2. The number of rotatable bonds is 5. The molecule has 0 saturated carbocycles. The van der Waals surface area contributed by atoms with Crippen LogP contribution in [0.5, 0.6) is 0 Å². The van der Waals surface area contributed by atoms with Crippen LogP contribution in [-0.2, 0) is 10.0 Å². The summed E-state index contributed by atoms with van der Waals surface area (Å²) in [6.45, 7) is 0. The summed E-state index contributed by atoms with van der Waals surface area (Å²) in [4.78, 5) is 16.4. The number of nitrogens with zero attached hydrogens (tertiary/aromatic N) is 2. The van der Waals surface area contributed by atoms with Gasteiger partial charge in [0.1, 0.15) is 0 Å². The first-order chi connectivity index (χ1) is 9.81. The highest BCUT2D eigenvalue weighted by atomic mass is 32.2. The lowest BCUT2D eigenvalue weighted by Gasteiger charge is -2.13. The highest BCUT2D eigenvalue weighted by Crippen LogP contribution is 2.24. The minimum atomic E-state index is -3.97. The van der Waals surface area contributed by atoms with Crippen LogP contribution in [0.4, 0.5) is 11.4 Å². The zero-order valence-electron chi connectivity index (χ0n) is 11.3. The van der Waals surface area contributed by atoms with Crippen molar-refractivity contribution in [3.8, 4) is 0 Å². The number of nitrogens with one attached hydrogen (secondary N) is 1. The maximum absolute atomic E-state index is 12.2. The Balaban J connectivity index is 2.29. The molecule has 2 aromatic rings. The van der Waals surface area contributed by atoms with Crippen molar-refractivity contribution < 1.29 is 18.3 Å². The van der Waals surface area contributed by atoms with Gasteiger partial charge in [-0.3, -0.25) is 4.72 Å². The SMILES string of the molecule is CN(C)c1ccc(NS(=O)(=O)c2scnc2C(=O)O)cc1. The first kappa shape index (κ1) is 15.3. The van der Waals surface area contributed by atoms with Crippen molar-refractivity contribution in [1.82, 2.24) is 4.98 Å². The van der Waals surface area contributed by atoms with Crippen LogP contribution in [0.15, 0.2) is 34.0 Å². The third-order valence-corrected chi connectivity index (χ3v) is 5.37. The van der Waals surface area contributed by atoms with Gasteiger partial charge in [-0.2, -0.15) is 0 Å². The average Bonchev–Trinajstić information content (AvgIpc) is 2.89. The standard InChI is InChI=1S/C12H13N3O4S2/c1-15(2)9-5-3-8(4-6-9)14-21(18,19)12-10(11(16)17)13-7-20-12/h3-7,14H,1-2H3,(H,16,17). The normalized spacial score (nSPS) is 11.1. The molecule has 0 aliphatic heterocycles. The minimum absolute atomic E-state index is 0.313. The van der Waals surface area contributed by atoms with Crippen molar-refractivity contribution in [1.29, 1.82) is 0 Å². The Bertz CT molecular complexity index is 751. The summed E-state index contributed by atoms with van der Waals surface area (Å²) in [6.07, 6.45) is 0. The Morgan fingerprint density at radius 2 is 1.90 bits per heavy atom. The van der Waals surface area contributed by atoms with E-state index in [-0.39, 0.29) is 4.21 Å². The number of aromatic nitrogens is 1. The van der Waals surface area contributed by atoms with Crippen molar-refractivity contribution in [2.24, 2.45) is 0 Å². The lowest BCUT2D eigenvalue weighted by atomic mass is 10.3. The summed E-state index contributed by atoms with van der Waals surface area (Å²) in [6, 6.07) is 6.72. The maximum Gasteiger partial charge on any atom is 0.356 e. The van der Waals surface area contributed by atoms with Gasteiger partial charge in [0.25, 0.3) is 10.0 Å². The number of sulfonamides is 1. The van der Waals surface area contributed by atoms with Crippen LogP contribution in [0.25, 0.3) is 0 Å². The lowest BCUT2D eigenvalue weighted by Crippen LogP contribution is -2.15. The molecule has 1 aromatic heterocycles. The average molecular weight is 327 g/mol. The van der Waals surface area contributed by atoms with Crippen LogP contribution in [0.3, 0.4) is 0 Å². The molecule has 1 aromatic carbocycles. The Hall–Kier alpha value is -2.13. The van der Waals surface area contributed by atoms with Gasteiger partial charge in [0.15, 0.2) is 9.90 Å². The Kier molecular flexibility index (Phi) is 4.14. The smallest absolute Gasteiger partial charge is 0.356 e. The number of thiazole rings is 1. The van der Waals surface area contributed by atoms with Crippen LogP contribution in [0, 0.1) is 0 Å². The molecule has 7 nitrogen and oxygen atoms in total. The highest BCUT2D eigenvalue weighted by molar-refractivity contribution is 7.94. The Morgan fingerprint density at radius 3 is 2.43 bits per heavy atom. The zero-order chi connectivity index (χ0) is 15.6. The monoisotopic (exact) mass is 327 g/mol. The maximum atomic E-state index is 12.2. The molecule has 0 atom stereocenters. The fourth-order valence-electron chi connectivity index (χ4n) is 1.60. The van der Waals surface area contributed by atoms with E-state index in [0.29, 0.717) is 5.69 Å². The third kappa shape index (κ3) is 3.31. The van der Waals surface area contributed by atoms with Gasteiger partial charge in [-0.05, 0) is 24.3 Å². The fourth-order valence-corrected chi connectivity index (χ4v) is 3.80. The molecular weight excluding hydrogens is 314 g/mol. The lowest BCUT2D eigenvalue weighted by molar-refractivity contribution is 0.0687. The predicted octanol–water partition coefficient (Wildman–Crippen LogP) is 1.71. The van der Waals surface area contributed by atoms with Gasteiger partial charge in [0.05, 0.1) is 5.51 Å². The number of aromatic carboxylic acids is 1. The van der Waals surface area contributed by atoms with Gasteiger partial charge in [-0.15, -0.1) is 11.3 Å². The molecule has 0 aliphatic carbocycles. The zero-order valence-corrected chi connectivity index (χ0v) is 12.9. The molecule has 0 spiro atoms. The fraction of sp³-hybridized carbons (Fsp3) is 0.167. The number of carboxylic acid groups (broad SMARTS) is 1. The summed E-state index contributed by atoms with van der Waals surface area (Å²) in [5.41, 5.74) is 1.98. The van der Waals surface area contributed by atoms with E-state index in [9.17, 15) is 13.2 Å². The Labute approximate surface area is 125 Å². The summed E-state index contributed by atoms with van der Waals surface area (Å²) >= 11 is 0.761. The molecule has 21 heavy (non-hydrogen) atoms. The molecule has 0 radical (unpaired) electrons. The molecule has 0 unspecified atom stereocenters. The minimum Gasteiger partial charge on any atom is -0.476 e. The van der Waals surface area contributed by atoms with Crippen LogP contribution in [0.1, 0.15) is 10.5 Å². The van der Waals surface area contributed by atoms with Gasteiger partial charge >= 0.3 is 5.97 Å². The van der Waals surface area contributed by atoms with E-state index in [1.165, 1.54) is 5.51 Å². The topological polar surface area (TPSA) is 99.6 Å². The van der Waals surface area contributed by atoms with E-state index < -0.39 is 21.7 Å². The van der Waals surface area contributed by atoms with Gasteiger partial charge in [0.2, 0.25) is 0 Å². The van der Waals surface area contributed by atoms with Crippen molar-refractivity contribution in [3.63, 3.8) is 0 Å². The van der Waals surface area contributed by atoms with Gasteiger partial charge < -0.3 is 10.0 Å². The Morgan fingerprint density at radius 1 is 1.29 bits per heavy atom. The van der Waals surface area contributed by atoms with E-state index in [0.717, 1.165) is 17.0 Å². The molecule has 0 bridgehead atoms. The van der Waals surface area contributed by atoms with Gasteiger partial charge in [0, 0.05) is 25.5 Å². The van der Waals surface area contributed by atoms with E-state index in [2.05, 4.69) is 9.71 Å². The quantitative estimate of drug-likeness (QED) is 0.867. The highest BCUT2D eigenvalue weighted by Gasteiger charge is 2.25. The molecule has 1 heterocycles. The number of hydrogen-bond donors (Lipinski definition) is 2. The summed E-state index contributed by atoms with van der Waals surface area (Å²) in [5, 5.41) is 8.93. The van der Waals surface area contributed by atoms with Gasteiger partial charge in [-0.25, -0.2) is 18.2 Å². The molecule has 0 saturated heterocycles. The van der Waals surface area contributed by atoms with Crippen LogP contribution >= 0.6 is 11.3 Å². The first-order valence-electron chi connectivity index (χ1n) is 5.78. The molecule has 9 heteroatoms. The van der Waals surface area contributed by atoms with E-state index >= 15 is 0 Å². The molecule has 0 amide bonds. The molecule has 2 N–H and O–H groups in total. The number of hydrogen-bond acceptors (Lipinski definition) is 6. The van der Waals surface area contributed by atoms with Crippen LogP contribution < -0.4 is 9.62 Å². The molecule has 0 fully saturated rings. The first-order valence-corrected chi connectivity index (χ1v) is 8.14.